The first kappa shape index (κ1) is 21.8. The number of nitrogens with one attached hydrogen (secondary N) is 1. The fourth-order valence-electron chi connectivity index (χ4n) is 3.26. The smallest absolute Gasteiger partial charge is 0.308 e. The standard InChI is InChI=1S/C21H19N3O6S2/c25-20-8-14(21(26)27)10-24(20)17-4-6-19(7-5-17)32(28,29)23-15-2-1-3-18(9-15)30-11-16-12-31-13-22-16/h1-7,9,12-14,23H,8,10-11H2,(H,26,27). The minimum atomic E-state index is -3.88. The van der Waals surface area contributed by atoms with E-state index in [9.17, 15) is 18.0 Å². The van der Waals surface area contributed by atoms with Crippen molar-refractivity contribution < 1.29 is 27.9 Å². The Hall–Kier alpha value is -3.44. The van der Waals surface area contributed by atoms with E-state index in [1.54, 1.807) is 29.8 Å². The molecule has 4 rings (SSSR count). The van der Waals surface area contributed by atoms with E-state index in [0.29, 0.717) is 17.1 Å². The van der Waals surface area contributed by atoms with Crippen LogP contribution >= 0.6 is 11.3 Å². The maximum atomic E-state index is 12.8. The number of carbonyl (C=O) groups excluding carboxylic acids is 1. The van der Waals surface area contributed by atoms with Gasteiger partial charge in [-0.25, -0.2) is 13.4 Å². The van der Waals surface area contributed by atoms with Gasteiger partial charge in [0.05, 0.1) is 27.7 Å². The Morgan fingerprint density at radius 1 is 1.25 bits per heavy atom. The van der Waals surface area contributed by atoms with Crippen LogP contribution in [0.1, 0.15) is 12.1 Å². The van der Waals surface area contributed by atoms with E-state index in [1.807, 2.05) is 5.38 Å². The van der Waals surface area contributed by atoms with Gasteiger partial charge in [0.15, 0.2) is 0 Å². The van der Waals surface area contributed by atoms with Crippen LogP contribution in [0.25, 0.3) is 0 Å². The highest BCUT2D eigenvalue weighted by atomic mass is 32.2. The summed E-state index contributed by atoms with van der Waals surface area (Å²) in [5.41, 5.74) is 3.28. The number of amides is 1. The normalized spacial score (nSPS) is 16.2. The van der Waals surface area contributed by atoms with Crippen LogP contribution < -0.4 is 14.4 Å². The second-order valence-corrected chi connectivity index (χ2v) is 9.54. The Bertz CT molecular complexity index is 1230. The third-order valence-electron chi connectivity index (χ3n) is 4.89. The molecule has 166 valence electrons. The first-order valence-electron chi connectivity index (χ1n) is 9.58. The third kappa shape index (κ3) is 4.89. The summed E-state index contributed by atoms with van der Waals surface area (Å²) in [5, 5.41) is 11.0. The molecule has 1 fully saturated rings. The molecule has 1 aromatic heterocycles. The van der Waals surface area contributed by atoms with Crippen molar-refractivity contribution in [1.29, 1.82) is 0 Å². The highest BCUT2D eigenvalue weighted by Crippen LogP contribution is 2.27. The lowest BCUT2D eigenvalue weighted by Gasteiger charge is -2.17. The van der Waals surface area contributed by atoms with Gasteiger partial charge in [0.2, 0.25) is 5.91 Å². The van der Waals surface area contributed by atoms with E-state index in [1.165, 1.54) is 40.5 Å². The quantitative estimate of drug-likeness (QED) is 0.515. The number of carboxylic acid groups (broad SMARTS) is 1. The predicted octanol–water partition coefficient (Wildman–Crippen LogP) is 2.96. The SMILES string of the molecule is O=C(O)C1CC(=O)N(c2ccc(S(=O)(=O)Nc3cccc(OCc4cscn4)c3)cc2)C1. The van der Waals surface area contributed by atoms with Crippen molar-refractivity contribution in [3.05, 3.63) is 65.1 Å². The first-order chi connectivity index (χ1) is 15.3. The maximum absolute atomic E-state index is 12.8. The summed E-state index contributed by atoms with van der Waals surface area (Å²) in [7, 11) is -3.88. The van der Waals surface area contributed by atoms with Crippen molar-refractivity contribution in [2.45, 2.75) is 17.9 Å². The van der Waals surface area contributed by atoms with Crippen molar-refractivity contribution >= 4 is 44.6 Å². The van der Waals surface area contributed by atoms with Gasteiger partial charge in [0.1, 0.15) is 12.4 Å². The zero-order valence-corrected chi connectivity index (χ0v) is 18.3. The molecule has 2 aromatic carbocycles. The minimum absolute atomic E-state index is 0.0106. The number of nitrogens with zero attached hydrogens (tertiary/aromatic N) is 2. The average molecular weight is 474 g/mol. The van der Waals surface area contributed by atoms with Crippen LogP contribution in [0.3, 0.4) is 0 Å². The number of anilines is 2. The van der Waals surface area contributed by atoms with Crippen LogP contribution in [-0.2, 0) is 26.2 Å². The van der Waals surface area contributed by atoms with Gasteiger partial charge in [0.25, 0.3) is 10.0 Å². The van der Waals surface area contributed by atoms with Crippen LogP contribution in [0, 0.1) is 5.92 Å². The summed E-state index contributed by atoms with van der Waals surface area (Å²) in [6.07, 6.45) is -0.0716. The molecule has 1 aliphatic rings. The molecule has 2 heterocycles. The zero-order valence-electron chi connectivity index (χ0n) is 16.7. The number of hydrogen-bond donors (Lipinski definition) is 2. The lowest BCUT2D eigenvalue weighted by molar-refractivity contribution is -0.141. The van der Waals surface area contributed by atoms with E-state index in [2.05, 4.69) is 9.71 Å². The monoisotopic (exact) mass is 473 g/mol. The van der Waals surface area contributed by atoms with Gasteiger partial charge in [-0.3, -0.25) is 14.3 Å². The summed E-state index contributed by atoms with van der Waals surface area (Å²) in [5.74, 6) is -1.60. The number of carboxylic acids is 1. The van der Waals surface area contributed by atoms with Gasteiger partial charge >= 0.3 is 5.97 Å². The van der Waals surface area contributed by atoms with Crippen LogP contribution in [0.5, 0.6) is 5.75 Å². The van der Waals surface area contributed by atoms with E-state index >= 15 is 0 Å². The van der Waals surface area contributed by atoms with Gasteiger partial charge in [0, 0.05) is 30.1 Å². The van der Waals surface area contributed by atoms with E-state index in [0.717, 1.165) is 5.69 Å². The Kier molecular flexibility index (Phi) is 6.10. The maximum Gasteiger partial charge on any atom is 0.308 e. The van der Waals surface area contributed by atoms with E-state index in [-0.39, 0.29) is 30.4 Å². The average Bonchev–Trinajstić information content (AvgIpc) is 3.42. The van der Waals surface area contributed by atoms with E-state index < -0.39 is 21.9 Å². The Morgan fingerprint density at radius 2 is 2.03 bits per heavy atom. The molecule has 2 N–H and O–H groups in total. The number of aromatic nitrogens is 1. The Morgan fingerprint density at radius 3 is 2.69 bits per heavy atom. The van der Waals surface area contributed by atoms with Crippen molar-refractivity contribution in [2.75, 3.05) is 16.2 Å². The molecule has 0 spiro atoms. The number of sulfonamides is 1. The molecule has 1 saturated heterocycles. The first-order valence-corrected chi connectivity index (χ1v) is 12.0. The fourth-order valence-corrected chi connectivity index (χ4v) is 4.85. The second-order valence-electron chi connectivity index (χ2n) is 7.14. The van der Waals surface area contributed by atoms with Gasteiger partial charge in [-0.15, -0.1) is 11.3 Å². The van der Waals surface area contributed by atoms with Gasteiger partial charge < -0.3 is 14.7 Å². The highest BCUT2D eigenvalue weighted by Gasteiger charge is 2.35. The molecule has 3 aromatic rings. The Balaban J connectivity index is 1.44. The van der Waals surface area contributed by atoms with Crippen LogP contribution in [0.2, 0.25) is 0 Å². The third-order valence-corrected chi connectivity index (χ3v) is 6.92. The summed E-state index contributed by atoms with van der Waals surface area (Å²) in [4.78, 5) is 28.7. The molecule has 32 heavy (non-hydrogen) atoms. The molecule has 0 bridgehead atoms. The number of thiazole rings is 1. The summed E-state index contributed by atoms with van der Waals surface area (Å²) < 4.78 is 33.7. The number of rotatable bonds is 8. The molecule has 11 heteroatoms. The summed E-state index contributed by atoms with van der Waals surface area (Å²) in [6, 6.07) is 12.3. The number of benzene rings is 2. The second kappa shape index (κ2) is 8.97. The summed E-state index contributed by atoms with van der Waals surface area (Å²) in [6.45, 7) is 0.339. The molecule has 1 unspecified atom stereocenters. The molecule has 1 amide bonds. The number of hydrogen-bond acceptors (Lipinski definition) is 7. The zero-order chi connectivity index (χ0) is 22.7. The Labute approximate surface area is 188 Å². The minimum Gasteiger partial charge on any atom is -0.487 e. The van der Waals surface area contributed by atoms with Gasteiger partial charge in [-0.2, -0.15) is 0 Å². The molecule has 0 saturated carbocycles. The van der Waals surface area contributed by atoms with E-state index in [4.69, 9.17) is 9.84 Å². The number of carbonyl (C=O) groups is 2. The van der Waals surface area contributed by atoms with Crippen molar-refractivity contribution in [2.24, 2.45) is 5.92 Å². The number of ether oxygens (including phenoxy) is 1. The highest BCUT2D eigenvalue weighted by molar-refractivity contribution is 7.92. The molecular weight excluding hydrogens is 454 g/mol. The largest absolute Gasteiger partial charge is 0.487 e. The molecule has 0 aliphatic carbocycles. The lowest BCUT2D eigenvalue weighted by Crippen LogP contribution is -2.25. The van der Waals surface area contributed by atoms with Crippen molar-refractivity contribution in [1.82, 2.24) is 4.98 Å². The van der Waals surface area contributed by atoms with Crippen LogP contribution in [-0.4, -0.2) is 36.9 Å². The summed E-state index contributed by atoms with van der Waals surface area (Å²) >= 11 is 1.46. The molecular formula is C21H19N3O6S2. The molecule has 0 radical (unpaired) electrons. The number of aliphatic carboxylic acids is 1. The van der Waals surface area contributed by atoms with Crippen molar-refractivity contribution in [3.63, 3.8) is 0 Å². The molecule has 9 nitrogen and oxygen atoms in total. The van der Waals surface area contributed by atoms with Gasteiger partial charge in [-0.1, -0.05) is 6.07 Å². The molecule has 1 atom stereocenters. The topological polar surface area (TPSA) is 126 Å². The molecule has 1 aliphatic heterocycles. The predicted molar refractivity (Wildman–Crippen MR) is 118 cm³/mol. The van der Waals surface area contributed by atoms with Crippen LogP contribution in [0.4, 0.5) is 11.4 Å². The van der Waals surface area contributed by atoms with Crippen molar-refractivity contribution in [3.8, 4) is 5.75 Å². The van der Waals surface area contributed by atoms with Gasteiger partial charge in [-0.05, 0) is 36.4 Å². The fraction of sp³-hybridized carbons (Fsp3) is 0.190. The lowest BCUT2D eigenvalue weighted by atomic mass is 10.1. The van der Waals surface area contributed by atoms with Crippen LogP contribution in [0.15, 0.2) is 64.3 Å².